The Kier molecular flexibility index (Phi) is 2.66. The van der Waals surface area contributed by atoms with Crippen LogP contribution in [-0.2, 0) is 0 Å². The highest BCUT2D eigenvalue weighted by atomic mass is 127. The van der Waals surface area contributed by atoms with Gasteiger partial charge in [0.2, 0.25) is 0 Å². The number of benzene rings is 1. The number of nitrogen functional groups attached to an aromatic ring is 1. The fourth-order valence-electron chi connectivity index (χ4n) is 0.891. The van der Waals surface area contributed by atoms with Gasteiger partial charge in [-0.25, -0.2) is 4.39 Å². The van der Waals surface area contributed by atoms with E-state index in [2.05, 4.69) is 0 Å². The Morgan fingerprint density at radius 1 is 1.58 bits per heavy atom. The minimum absolute atomic E-state index is 0.0793. The fourth-order valence-corrected chi connectivity index (χ4v) is 1.71. The second kappa shape index (κ2) is 3.38. The van der Waals surface area contributed by atoms with Crippen LogP contribution in [0.25, 0.3) is 0 Å². The molecule has 1 aromatic rings. The molecule has 0 spiro atoms. The maximum absolute atomic E-state index is 13.0. The summed E-state index contributed by atoms with van der Waals surface area (Å²) in [4.78, 5) is 10.9. The average molecular weight is 279 g/mol. The summed E-state index contributed by atoms with van der Waals surface area (Å²) in [6.07, 6.45) is 0. The second-order valence-corrected chi connectivity index (χ2v) is 3.46. The van der Waals surface area contributed by atoms with Gasteiger partial charge in [-0.05, 0) is 41.6 Å². The van der Waals surface area contributed by atoms with Gasteiger partial charge >= 0.3 is 0 Å². The number of halogens is 2. The molecule has 0 amide bonds. The summed E-state index contributed by atoms with van der Waals surface area (Å²) < 4.78 is 13.5. The Labute approximate surface area is 83.1 Å². The van der Waals surface area contributed by atoms with E-state index in [9.17, 15) is 9.18 Å². The van der Waals surface area contributed by atoms with Crippen molar-refractivity contribution in [3.63, 3.8) is 0 Å². The molecule has 0 saturated heterocycles. The van der Waals surface area contributed by atoms with E-state index in [1.165, 1.54) is 19.1 Å². The molecule has 1 aromatic carbocycles. The van der Waals surface area contributed by atoms with Crippen molar-refractivity contribution in [2.24, 2.45) is 0 Å². The van der Waals surface area contributed by atoms with Crippen LogP contribution in [0.2, 0.25) is 0 Å². The number of rotatable bonds is 1. The minimum Gasteiger partial charge on any atom is -0.398 e. The third kappa shape index (κ3) is 1.57. The van der Waals surface area contributed by atoms with Crippen LogP contribution in [0, 0.1) is 9.39 Å². The molecule has 4 heteroatoms. The molecule has 0 atom stereocenters. The van der Waals surface area contributed by atoms with E-state index in [1.54, 1.807) is 0 Å². The van der Waals surface area contributed by atoms with Crippen LogP contribution in [-0.4, -0.2) is 5.78 Å². The first-order valence-corrected chi connectivity index (χ1v) is 4.36. The van der Waals surface area contributed by atoms with Crippen LogP contribution in [0.5, 0.6) is 0 Å². The van der Waals surface area contributed by atoms with Crippen molar-refractivity contribution in [1.82, 2.24) is 0 Å². The molecule has 0 aliphatic heterocycles. The molecule has 0 bridgehead atoms. The highest BCUT2D eigenvalue weighted by molar-refractivity contribution is 14.1. The quantitative estimate of drug-likeness (QED) is 0.486. The summed E-state index contributed by atoms with van der Waals surface area (Å²) in [5.74, 6) is -0.815. The molecule has 0 unspecified atom stereocenters. The van der Waals surface area contributed by atoms with Gasteiger partial charge in [-0.15, -0.1) is 0 Å². The van der Waals surface area contributed by atoms with Crippen molar-refractivity contribution in [3.05, 3.63) is 27.1 Å². The average Bonchev–Trinajstić information content (AvgIpc) is 1.97. The molecule has 0 aliphatic rings. The van der Waals surface area contributed by atoms with Crippen molar-refractivity contribution < 1.29 is 9.18 Å². The summed E-state index contributed by atoms with van der Waals surface area (Å²) in [5.41, 5.74) is 6.01. The Morgan fingerprint density at radius 3 is 2.58 bits per heavy atom. The van der Waals surface area contributed by atoms with E-state index in [-0.39, 0.29) is 11.3 Å². The maximum atomic E-state index is 13.0. The van der Waals surface area contributed by atoms with Gasteiger partial charge in [-0.3, -0.25) is 4.79 Å². The van der Waals surface area contributed by atoms with Gasteiger partial charge < -0.3 is 5.73 Å². The van der Waals surface area contributed by atoms with Gasteiger partial charge in [0.1, 0.15) is 5.82 Å². The Balaban J connectivity index is 3.43. The summed E-state index contributed by atoms with van der Waals surface area (Å²) in [6.45, 7) is 1.32. The predicted molar refractivity (Wildman–Crippen MR) is 53.5 cm³/mol. The van der Waals surface area contributed by atoms with Crippen LogP contribution in [0.1, 0.15) is 17.3 Å². The molecule has 0 heterocycles. The van der Waals surface area contributed by atoms with Crippen LogP contribution >= 0.6 is 22.6 Å². The topological polar surface area (TPSA) is 43.1 Å². The molecular formula is C8H7FINO. The minimum atomic E-state index is -0.513. The number of ketones is 1. The number of hydrogen-bond donors (Lipinski definition) is 1. The van der Waals surface area contributed by atoms with E-state index in [0.29, 0.717) is 9.26 Å². The largest absolute Gasteiger partial charge is 0.398 e. The standard InChI is InChI=1S/C8H7FINO/c1-4(12)7-5(9)2-3-6(11)8(7)10/h2-3H,11H2,1H3. The van der Waals surface area contributed by atoms with Gasteiger partial charge in [0.15, 0.2) is 5.78 Å². The zero-order valence-corrected chi connectivity index (χ0v) is 8.55. The molecular weight excluding hydrogens is 272 g/mol. The number of carbonyl (C=O) groups excluding carboxylic acids is 1. The van der Waals surface area contributed by atoms with Crippen LogP contribution in [0.3, 0.4) is 0 Å². The molecule has 64 valence electrons. The van der Waals surface area contributed by atoms with Gasteiger partial charge in [0.25, 0.3) is 0 Å². The monoisotopic (exact) mass is 279 g/mol. The SMILES string of the molecule is CC(=O)c1c(F)ccc(N)c1I. The Hall–Kier alpha value is -0.650. The zero-order chi connectivity index (χ0) is 9.30. The normalized spacial score (nSPS) is 9.92. The lowest BCUT2D eigenvalue weighted by atomic mass is 10.1. The van der Waals surface area contributed by atoms with E-state index in [1.807, 2.05) is 22.6 Å². The fraction of sp³-hybridized carbons (Fsp3) is 0.125. The van der Waals surface area contributed by atoms with Crippen molar-refractivity contribution in [2.45, 2.75) is 6.92 Å². The number of Topliss-reactive ketones (excluding diaryl/α,β-unsaturated/α-hetero) is 1. The molecule has 1 rings (SSSR count). The van der Waals surface area contributed by atoms with Crippen molar-refractivity contribution in [3.8, 4) is 0 Å². The van der Waals surface area contributed by atoms with E-state index < -0.39 is 5.82 Å². The van der Waals surface area contributed by atoms with Crippen molar-refractivity contribution >= 4 is 34.1 Å². The van der Waals surface area contributed by atoms with E-state index >= 15 is 0 Å². The molecule has 2 N–H and O–H groups in total. The highest BCUT2D eigenvalue weighted by Gasteiger charge is 2.13. The van der Waals surface area contributed by atoms with Crippen LogP contribution in [0.4, 0.5) is 10.1 Å². The van der Waals surface area contributed by atoms with Gasteiger partial charge in [0, 0.05) is 9.26 Å². The van der Waals surface area contributed by atoms with E-state index in [0.717, 1.165) is 0 Å². The third-order valence-corrected chi connectivity index (χ3v) is 2.64. The van der Waals surface area contributed by atoms with Crippen molar-refractivity contribution in [1.29, 1.82) is 0 Å². The molecule has 12 heavy (non-hydrogen) atoms. The number of anilines is 1. The lowest BCUT2D eigenvalue weighted by molar-refractivity contribution is 0.101. The lowest BCUT2D eigenvalue weighted by Crippen LogP contribution is -2.03. The third-order valence-electron chi connectivity index (χ3n) is 1.47. The van der Waals surface area contributed by atoms with Crippen molar-refractivity contribution in [2.75, 3.05) is 5.73 Å². The first kappa shape index (κ1) is 9.44. The van der Waals surface area contributed by atoms with Crippen LogP contribution in [0.15, 0.2) is 12.1 Å². The molecule has 2 nitrogen and oxygen atoms in total. The Bertz CT molecular complexity index is 338. The second-order valence-electron chi connectivity index (χ2n) is 2.38. The van der Waals surface area contributed by atoms with Gasteiger partial charge in [-0.2, -0.15) is 0 Å². The maximum Gasteiger partial charge on any atom is 0.163 e. The lowest BCUT2D eigenvalue weighted by Gasteiger charge is -2.04. The van der Waals surface area contributed by atoms with Crippen LogP contribution < -0.4 is 5.73 Å². The molecule has 0 saturated carbocycles. The summed E-state index contributed by atoms with van der Waals surface area (Å²) in [7, 11) is 0. The molecule has 0 aliphatic carbocycles. The highest BCUT2D eigenvalue weighted by Crippen LogP contribution is 2.22. The molecule has 0 radical (unpaired) electrons. The zero-order valence-electron chi connectivity index (χ0n) is 6.40. The molecule has 0 fully saturated rings. The summed E-state index contributed by atoms with van der Waals surface area (Å²) >= 11 is 1.86. The Morgan fingerprint density at radius 2 is 2.17 bits per heavy atom. The number of nitrogens with two attached hydrogens (primary N) is 1. The first-order chi connectivity index (χ1) is 5.54. The van der Waals surface area contributed by atoms with Gasteiger partial charge in [0.05, 0.1) is 5.56 Å². The summed E-state index contributed by atoms with van der Waals surface area (Å²) in [6, 6.07) is 2.65. The molecule has 0 aromatic heterocycles. The van der Waals surface area contributed by atoms with E-state index in [4.69, 9.17) is 5.73 Å². The number of hydrogen-bond acceptors (Lipinski definition) is 2. The summed E-state index contributed by atoms with van der Waals surface area (Å²) in [5, 5.41) is 0. The smallest absolute Gasteiger partial charge is 0.163 e. The van der Waals surface area contributed by atoms with Gasteiger partial charge in [-0.1, -0.05) is 0 Å². The first-order valence-electron chi connectivity index (χ1n) is 3.28. The number of carbonyl (C=O) groups is 1. The predicted octanol–water partition coefficient (Wildman–Crippen LogP) is 2.22.